The Labute approximate surface area is 107 Å². The lowest BCUT2D eigenvalue weighted by Gasteiger charge is -2.13. The third-order valence-corrected chi connectivity index (χ3v) is 3.60. The van der Waals surface area contributed by atoms with Crippen LogP contribution in [-0.2, 0) is 4.79 Å². The third kappa shape index (κ3) is 1.88. The molecule has 0 bridgehead atoms. The summed E-state index contributed by atoms with van der Waals surface area (Å²) < 4.78 is 28.3. The predicted octanol–water partition coefficient (Wildman–Crippen LogP) is 2.18. The molecule has 2 heterocycles. The first-order valence-electron chi connectivity index (χ1n) is 5.99. The van der Waals surface area contributed by atoms with Crippen molar-refractivity contribution in [1.82, 2.24) is 10.3 Å². The number of benzene rings is 1. The van der Waals surface area contributed by atoms with Crippen LogP contribution in [-0.4, -0.2) is 22.6 Å². The van der Waals surface area contributed by atoms with Crippen LogP contribution in [0.5, 0.6) is 0 Å². The van der Waals surface area contributed by atoms with Gasteiger partial charge in [-0.05, 0) is 18.6 Å². The highest BCUT2D eigenvalue weighted by molar-refractivity contribution is 5.81. The molecule has 1 fully saturated rings. The van der Waals surface area contributed by atoms with Gasteiger partial charge >= 0.3 is 5.97 Å². The minimum Gasteiger partial charge on any atom is -0.481 e. The van der Waals surface area contributed by atoms with Gasteiger partial charge in [-0.25, -0.2) is 8.78 Å². The molecule has 0 saturated carbocycles. The lowest BCUT2D eigenvalue weighted by molar-refractivity contribution is -0.141. The average Bonchev–Trinajstić information content (AvgIpc) is 2.97. The number of carboxylic acid groups (broad SMARTS) is 1. The number of aliphatic carboxylic acids is 1. The van der Waals surface area contributed by atoms with Gasteiger partial charge in [0.15, 0.2) is 5.82 Å². The molecule has 100 valence electrons. The van der Waals surface area contributed by atoms with Gasteiger partial charge in [-0.1, -0.05) is 0 Å². The number of carboxylic acids is 1. The maximum Gasteiger partial charge on any atom is 0.307 e. The molecule has 0 spiro atoms. The molecule has 2 aromatic rings. The third-order valence-electron chi connectivity index (χ3n) is 3.60. The van der Waals surface area contributed by atoms with E-state index in [2.05, 4.69) is 10.3 Å². The van der Waals surface area contributed by atoms with Gasteiger partial charge in [0.05, 0.1) is 11.4 Å². The van der Waals surface area contributed by atoms with Gasteiger partial charge in [-0.15, -0.1) is 0 Å². The summed E-state index contributed by atoms with van der Waals surface area (Å²) >= 11 is 0. The molecular weight excluding hydrogens is 254 g/mol. The molecule has 1 aliphatic rings. The maximum absolute atomic E-state index is 14.3. The number of aromatic nitrogens is 1. The van der Waals surface area contributed by atoms with Crippen LogP contribution in [0.15, 0.2) is 18.3 Å². The zero-order valence-corrected chi connectivity index (χ0v) is 9.91. The van der Waals surface area contributed by atoms with Crippen LogP contribution in [0.3, 0.4) is 0 Å². The Bertz CT molecular complexity index is 653. The fraction of sp³-hybridized carbons (Fsp3) is 0.308. The average molecular weight is 266 g/mol. The number of H-pyrrole nitrogens is 1. The van der Waals surface area contributed by atoms with E-state index >= 15 is 0 Å². The molecule has 2 atom stereocenters. The topological polar surface area (TPSA) is 65.1 Å². The minimum atomic E-state index is -0.947. The van der Waals surface area contributed by atoms with Gasteiger partial charge in [0.25, 0.3) is 0 Å². The first-order chi connectivity index (χ1) is 9.08. The second-order valence-electron chi connectivity index (χ2n) is 4.76. The van der Waals surface area contributed by atoms with E-state index in [9.17, 15) is 13.6 Å². The number of aromatic amines is 1. The first-order valence-corrected chi connectivity index (χ1v) is 5.99. The number of hydrogen-bond acceptors (Lipinski definition) is 2. The summed E-state index contributed by atoms with van der Waals surface area (Å²) in [6, 6.07) is 2.25. The Balaban J connectivity index is 2.03. The quantitative estimate of drug-likeness (QED) is 0.780. The lowest BCUT2D eigenvalue weighted by atomic mass is 9.98. The molecular formula is C13H12F2N2O2. The summed E-state index contributed by atoms with van der Waals surface area (Å²) in [5.74, 6) is -2.85. The zero-order chi connectivity index (χ0) is 13.6. The SMILES string of the molecule is O=C(O)C1CNC(c2c(F)cc3cc[nH]c3c2F)C1. The molecule has 3 N–H and O–H groups in total. The van der Waals surface area contributed by atoms with Crippen molar-refractivity contribution in [2.75, 3.05) is 6.54 Å². The Morgan fingerprint density at radius 2 is 2.21 bits per heavy atom. The molecule has 0 radical (unpaired) electrons. The summed E-state index contributed by atoms with van der Waals surface area (Å²) in [7, 11) is 0. The van der Waals surface area contributed by atoms with E-state index in [-0.39, 0.29) is 24.0 Å². The van der Waals surface area contributed by atoms with E-state index in [0.29, 0.717) is 5.39 Å². The van der Waals surface area contributed by atoms with Gasteiger partial charge in [-0.3, -0.25) is 4.79 Å². The highest BCUT2D eigenvalue weighted by Gasteiger charge is 2.33. The van der Waals surface area contributed by atoms with Crippen molar-refractivity contribution in [1.29, 1.82) is 0 Å². The summed E-state index contributed by atoms with van der Waals surface area (Å²) in [5.41, 5.74) is 0.163. The smallest absolute Gasteiger partial charge is 0.307 e. The predicted molar refractivity (Wildman–Crippen MR) is 64.7 cm³/mol. The summed E-state index contributed by atoms with van der Waals surface area (Å²) in [4.78, 5) is 13.6. The van der Waals surface area contributed by atoms with Crippen molar-refractivity contribution in [3.8, 4) is 0 Å². The maximum atomic E-state index is 14.3. The van der Waals surface area contributed by atoms with E-state index in [1.54, 1.807) is 12.3 Å². The molecule has 0 amide bonds. The largest absolute Gasteiger partial charge is 0.481 e. The molecule has 4 nitrogen and oxygen atoms in total. The number of fused-ring (bicyclic) bond motifs is 1. The standard InChI is InChI=1S/C13H12F2N2O2/c14-8-3-6-1-2-16-12(6)11(15)10(8)9-4-7(5-17-9)13(18)19/h1-3,7,9,16-17H,4-5H2,(H,18,19). The molecule has 3 rings (SSSR count). The van der Waals surface area contributed by atoms with Gasteiger partial charge in [0.1, 0.15) is 5.82 Å². The van der Waals surface area contributed by atoms with E-state index in [1.807, 2.05) is 0 Å². The van der Waals surface area contributed by atoms with E-state index in [4.69, 9.17) is 5.11 Å². The number of carbonyl (C=O) groups is 1. The molecule has 2 unspecified atom stereocenters. The molecule has 1 aromatic heterocycles. The van der Waals surface area contributed by atoms with Crippen LogP contribution in [0.4, 0.5) is 8.78 Å². The van der Waals surface area contributed by atoms with Crippen molar-refractivity contribution >= 4 is 16.9 Å². The van der Waals surface area contributed by atoms with Crippen LogP contribution in [0.2, 0.25) is 0 Å². The van der Waals surface area contributed by atoms with Gasteiger partial charge < -0.3 is 15.4 Å². The van der Waals surface area contributed by atoms with E-state index in [0.717, 1.165) is 0 Å². The molecule has 1 aliphatic heterocycles. The number of hydrogen-bond donors (Lipinski definition) is 3. The van der Waals surface area contributed by atoms with Crippen molar-refractivity contribution in [3.05, 3.63) is 35.5 Å². The van der Waals surface area contributed by atoms with Crippen molar-refractivity contribution in [2.45, 2.75) is 12.5 Å². The first kappa shape index (κ1) is 12.1. The van der Waals surface area contributed by atoms with Crippen LogP contribution in [0.25, 0.3) is 10.9 Å². The summed E-state index contributed by atoms with van der Waals surface area (Å²) in [5, 5.41) is 12.3. The highest BCUT2D eigenvalue weighted by Crippen LogP contribution is 2.33. The molecule has 19 heavy (non-hydrogen) atoms. The number of halogens is 2. The molecule has 0 aliphatic carbocycles. The van der Waals surface area contributed by atoms with Gasteiger partial charge in [-0.2, -0.15) is 0 Å². The Morgan fingerprint density at radius 1 is 1.42 bits per heavy atom. The van der Waals surface area contributed by atoms with Crippen LogP contribution >= 0.6 is 0 Å². The van der Waals surface area contributed by atoms with E-state index < -0.39 is 29.6 Å². The molecule has 1 saturated heterocycles. The van der Waals surface area contributed by atoms with Gasteiger partial charge in [0, 0.05) is 29.7 Å². The molecule has 1 aromatic carbocycles. The normalized spacial score (nSPS) is 23.1. The van der Waals surface area contributed by atoms with Crippen LogP contribution < -0.4 is 5.32 Å². The lowest BCUT2D eigenvalue weighted by Crippen LogP contribution is -2.18. The second kappa shape index (κ2) is 4.31. The van der Waals surface area contributed by atoms with Crippen LogP contribution in [0, 0.1) is 17.6 Å². The van der Waals surface area contributed by atoms with Crippen molar-refractivity contribution in [2.24, 2.45) is 5.92 Å². The van der Waals surface area contributed by atoms with Crippen molar-refractivity contribution < 1.29 is 18.7 Å². The minimum absolute atomic E-state index is 0.0845. The van der Waals surface area contributed by atoms with Gasteiger partial charge in [0.2, 0.25) is 0 Å². The molecule has 6 heteroatoms. The fourth-order valence-corrected chi connectivity index (χ4v) is 2.61. The highest BCUT2D eigenvalue weighted by atomic mass is 19.1. The van der Waals surface area contributed by atoms with Crippen molar-refractivity contribution in [3.63, 3.8) is 0 Å². The van der Waals surface area contributed by atoms with Crippen LogP contribution in [0.1, 0.15) is 18.0 Å². The number of rotatable bonds is 2. The second-order valence-corrected chi connectivity index (χ2v) is 4.76. The zero-order valence-electron chi connectivity index (χ0n) is 9.91. The number of nitrogens with one attached hydrogen (secondary N) is 2. The summed E-state index contributed by atoms with van der Waals surface area (Å²) in [6.07, 6.45) is 1.73. The Morgan fingerprint density at radius 3 is 2.89 bits per heavy atom. The Kier molecular flexibility index (Phi) is 2.74. The summed E-state index contributed by atoms with van der Waals surface area (Å²) in [6.45, 7) is 0.224. The Hall–Kier alpha value is -1.95. The van der Waals surface area contributed by atoms with E-state index in [1.165, 1.54) is 6.07 Å². The monoisotopic (exact) mass is 266 g/mol. The fourth-order valence-electron chi connectivity index (χ4n) is 2.61.